The number of ether oxygens (including phenoxy) is 2. The molecule has 196 valence electrons. The molecular weight excluding hydrogens is 480 g/mol. The van der Waals surface area contributed by atoms with Gasteiger partial charge in [0.2, 0.25) is 5.82 Å². The van der Waals surface area contributed by atoms with Gasteiger partial charge in [0.25, 0.3) is 0 Å². The summed E-state index contributed by atoms with van der Waals surface area (Å²) in [7, 11) is 0. The molecule has 0 aromatic heterocycles. The second-order valence-electron chi connectivity index (χ2n) is 9.49. The molecule has 0 N–H and O–H groups in total. The van der Waals surface area contributed by atoms with Gasteiger partial charge in [-0.05, 0) is 92.2 Å². The van der Waals surface area contributed by atoms with Crippen LogP contribution in [0.25, 0.3) is 11.1 Å². The van der Waals surface area contributed by atoms with E-state index in [1.807, 2.05) is 6.92 Å². The summed E-state index contributed by atoms with van der Waals surface area (Å²) in [5.74, 6) is -2.64. The van der Waals surface area contributed by atoms with Gasteiger partial charge < -0.3 is 9.47 Å². The van der Waals surface area contributed by atoms with E-state index in [1.54, 1.807) is 42.5 Å². The van der Waals surface area contributed by atoms with Crippen LogP contribution in [0.3, 0.4) is 0 Å². The molecule has 0 bridgehead atoms. The molecule has 1 aliphatic carbocycles. The van der Waals surface area contributed by atoms with E-state index in [0.29, 0.717) is 41.4 Å². The molecule has 1 aliphatic rings. The van der Waals surface area contributed by atoms with Crippen molar-refractivity contribution >= 4 is 0 Å². The summed E-state index contributed by atoms with van der Waals surface area (Å²) in [5.41, 5.74) is 1.55. The fourth-order valence-corrected chi connectivity index (χ4v) is 5.15. The molecule has 0 amide bonds. The van der Waals surface area contributed by atoms with E-state index in [2.05, 4.69) is 6.58 Å². The molecule has 0 spiro atoms. The molecule has 2 nitrogen and oxygen atoms in total. The molecule has 1 saturated carbocycles. The van der Waals surface area contributed by atoms with Crippen molar-refractivity contribution in [1.82, 2.24) is 0 Å². The Morgan fingerprint density at radius 2 is 1.54 bits per heavy atom. The third kappa shape index (κ3) is 6.17. The van der Waals surface area contributed by atoms with Crippen LogP contribution < -0.4 is 9.47 Å². The maximum Gasteiger partial charge on any atom is 0.200 e. The van der Waals surface area contributed by atoms with Crippen molar-refractivity contribution in [3.63, 3.8) is 0 Å². The molecule has 0 heterocycles. The van der Waals surface area contributed by atoms with Crippen LogP contribution in [0.5, 0.6) is 11.5 Å². The highest BCUT2D eigenvalue weighted by Crippen LogP contribution is 2.40. The number of rotatable bonds is 10. The van der Waals surface area contributed by atoms with Crippen molar-refractivity contribution in [2.45, 2.75) is 51.4 Å². The normalized spacial score (nSPS) is 17.4. The molecule has 0 unspecified atom stereocenters. The van der Waals surface area contributed by atoms with Crippen molar-refractivity contribution in [2.75, 3.05) is 13.2 Å². The summed E-state index contributed by atoms with van der Waals surface area (Å²) in [6.07, 6.45) is 5.73. The van der Waals surface area contributed by atoms with Gasteiger partial charge in [0.1, 0.15) is 12.4 Å². The number of aryl methyl sites for hydroxylation is 1. The summed E-state index contributed by atoms with van der Waals surface area (Å²) in [4.78, 5) is 0. The second-order valence-corrected chi connectivity index (χ2v) is 9.49. The summed E-state index contributed by atoms with van der Waals surface area (Å²) in [6.45, 7) is 6.03. The Kier molecular flexibility index (Phi) is 8.91. The molecule has 6 heteroatoms. The van der Waals surface area contributed by atoms with Crippen LogP contribution in [-0.4, -0.2) is 13.2 Å². The van der Waals surface area contributed by atoms with E-state index in [1.165, 1.54) is 12.1 Å². The fraction of sp³-hybridized carbons (Fsp3) is 0.355. The number of halogens is 4. The molecule has 3 aromatic carbocycles. The van der Waals surface area contributed by atoms with Gasteiger partial charge in [0.15, 0.2) is 23.2 Å². The predicted molar refractivity (Wildman–Crippen MR) is 138 cm³/mol. The van der Waals surface area contributed by atoms with Gasteiger partial charge in [-0.2, -0.15) is 4.39 Å². The maximum atomic E-state index is 14.9. The van der Waals surface area contributed by atoms with Crippen molar-refractivity contribution in [2.24, 2.45) is 5.92 Å². The standard InChI is InChI=1S/C31H32F4O2/c1-3-19-37-27-18-17-26(30(34)31(27)35)21-8-5-20(6-9-21)7-10-23-13-16-25(29(33)28(23)32)22-11-14-24(15-12-22)36-4-2/h3,11-18,20-21H,1,4-10,19H2,2H3. The molecule has 0 atom stereocenters. The summed E-state index contributed by atoms with van der Waals surface area (Å²) < 4.78 is 69.4. The third-order valence-electron chi connectivity index (χ3n) is 7.18. The molecule has 37 heavy (non-hydrogen) atoms. The minimum Gasteiger partial charge on any atom is -0.494 e. The Balaban J connectivity index is 1.34. The highest BCUT2D eigenvalue weighted by molar-refractivity contribution is 5.65. The third-order valence-corrected chi connectivity index (χ3v) is 7.18. The average Bonchev–Trinajstić information content (AvgIpc) is 2.92. The number of hydrogen-bond acceptors (Lipinski definition) is 2. The van der Waals surface area contributed by atoms with Crippen molar-refractivity contribution in [1.29, 1.82) is 0 Å². The smallest absolute Gasteiger partial charge is 0.200 e. The van der Waals surface area contributed by atoms with Crippen molar-refractivity contribution < 1.29 is 27.0 Å². The van der Waals surface area contributed by atoms with Gasteiger partial charge in [-0.15, -0.1) is 0 Å². The van der Waals surface area contributed by atoms with Gasteiger partial charge in [-0.3, -0.25) is 0 Å². The van der Waals surface area contributed by atoms with Gasteiger partial charge in [-0.25, -0.2) is 13.2 Å². The molecule has 3 aromatic rings. The Morgan fingerprint density at radius 1 is 0.811 bits per heavy atom. The lowest BCUT2D eigenvalue weighted by molar-refractivity contribution is 0.299. The van der Waals surface area contributed by atoms with Crippen LogP contribution in [0, 0.1) is 29.2 Å². The van der Waals surface area contributed by atoms with Crippen LogP contribution in [0.15, 0.2) is 61.2 Å². The molecule has 0 saturated heterocycles. The highest BCUT2D eigenvalue weighted by Gasteiger charge is 2.27. The quantitative estimate of drug-likeness (QED) is 0.200. The Labute approximate surface area is 215 Å². The fourth-order valence-electron chi connectivity index (χ4n) is 5.15. The number of benzene rings is 3. The summed E-state index contributed by atoms with van der Waals surface area (Å²) >= 11 is 0. The van der Waals surface area contributed by atoms with Gasteiger partial charge in [0, 0.05) is 5.56 Å². The highest BCUT2D eigenvalue weighted by atomic mass is 19.2. The topological polar surface area (TPSA) is 18.5 Å². The Morgan fingerprint density at radius 3 is 2.22 bits per heavy atom. The molecule has 0 radical (unpaired) electrons. The minimum atomic E-state index is -0.965. The van der Waals surface area contributed by atoms with E-state index in [9.17, 15) is 17.6 Å². The summed E-state index contributed by atoms with van der Waals surface area (Å²) in [5, 5.41) is 0. The lowest BCUT2D eigenvalue weighted by Crippen LogP contribution is -2.16. The zero-order valence-electron chi connectivity index (χ0n) is 21.0. The van der Waals surface area contributed by atoms with Crippen molar-refractivity contribution in [3.05, 3.63) is 95.6 Å². The molecule has 1 fully saturated rings. The Hall–Kier alpha value is -3.28. The van der Waals surface area contributed by atoms with E-state index < -0.39 is 23.3 Å². The lowest BCUT2D eigenvalue weighted by atomic mass is 9.76. The maximum absolute atomic E-state index is 14.9. The first-order chi connectivity index (χ1) is 17.9. The van der Waals surface area contributed by atoms with E-state index >= 15 is 0 Å². The zero-order valence-corrected chi connectivity index (χ0v) is 21.0. The van der Waals surface area contributed by atoms with Crippen LogP contribution in [0.2, 0.25) is 0 Å². The molecular formula is C31H32F4O2. The van der Waals surface area contributed by atoms with Crippen LogP contribution in [0.4, 0.5) is 17.6 Å². The first kappa shape index (κ1) is 26.8. The second kappa shape index (κ2) is 12.3. The SMILES string of the molecule is C=CCOc1ccc(C2CCC(CCc3ccc(-c4ccc(OCC)cc4)c(F)c3F)CC2)c(F)c1F. The predicted octanol–water partition coefficient (Wildman–Crippen LogP) is 8.78. The van der Waals surface area contributed by atoms with E-state index in [0.717, 1.165) is 32.1 Å². The van der Waals surface area contributed by atoms with Crippen LogP contribution in [-0.2, 0) is 6.42 Å². The lowest BCUT2D eigenvalue weighted by Gasteiger charge is -2.29. The average molecular weight is 513 g/mol. The van der Waals surface area contributed by atoms with Crippen LogP contribution >= 0.6 is 0 Å². The molecule has 4 rings (SSSR count). The molecule has 0 aliphatic heterocycles. The van der Waals surface area contributed by atoms with E-state index in [-0.39, 0.29) is 23.8 Å². The van der Waals surface area contributed by atoms with Gasteiger partial charge >= 0.3 is 0 Å². The van der Waals surface area contributed by atoms with Gasteiger partial charge in [0.05, 0.1) is 6.61 Å². The first-order valence-corrected chi connectivity index (χ1v) is 12.8. The van der Waals surface area contributed by atoms with Gasteiger partial charge in [-0.1, -0.05) is 43.0 Å². The number of hydrogen-bond donors (Lipinski definition) is 0. The minimum absolute atomic E-state index is 0.0678. The largest absolute Gasteiger partial charge is 0.494 e. The first-order valence-electron chi connectivity index (χ1n) is 12.8. The zero-order chi connectivity index (χ0) is 26.4. The monoisotopic (exact) mass is 512 g/mol. The van der Waals surface area contributed by atoms with Crippen molar-refractivity contribution in [3.8, 4) is 22.6 Å². The van der Waals surface area contributed by atoms with Crippen LogP contribution in [0.1, 0.15) is 56.1 Å². The van der Waals surface area contributed by atoms with E-state index in [4.69, 9.17) is 9.47 Å². The summed E-state index contributed by atoms with van der Waals surface area (Å²) in [6, 6.07) is 13.3. The Bertz CT molecular complexity index is 1210.